The van der Waals surface area contributed by atoms with Crippen LogP contribution in [0.25, 0.3) is 0 Å². The van der Waals surface area contributed by atoms with Crippen molar-refractivity contribution in [1.82, 2.24) is 4.90 Å². The van der Waals surface area contributed by atoms with Gasteiger partial charge in [0.2, 0.25) is 0 Å². The van der Waals surface area contributed by atoms with Crippen molar-refractivity contribution in [2.45, 2.75) is 19.6 Å². The van der Waals surface area contributed by atoms with Gasteiger partial charge in [-0.25, -0.2) is 4.39 Å². The number of ether oxygens (including phenoxy) is 1. The van der Waals surface area contributed by atoms with Crippen molar-refractivity contribution in [3.05, 3.63) is 105 Å². The molecule has 0 heterocycles. The number of rotatable bonds is 10. The molecule has 1 amide bonds. The number of amides is 1. The average molecular weight is 437 g/mol. The minimum Gasteiger partial charge on any atom is -0.482 e. The Balaban J connectivity index is 1.81. The first-order valence-corrected chi connectivity index (χ1v) is 10.2. The van der Waals surface area contributed by atoms with Gasteiger partial charge in [-0.1, -0.05) is 42.5 Å². The van der Waals surface area contributed by atoms with Gasteiger partial charge in [-0.3, -0.25) is 14.9 Å². The second-order valence-electron chi connectivity index (χ2n) is 7.21. The zero-order chi connectivity index (χ0) is 22.9. The van der Waals surface area contributed by atoms with Crippen molar-refractivity contribution in [3.8, 4) is 5.75 Å². The third-order valence-electron chi connectivity index (χ3n) is 4.85. The lowest BCUT2D eigenvalue weighted by Crippen LogP contribution is -2.32. The molecule has 0 aliphatic carbocycles. The van der Waals surface area contributed by atoms with Crippen LogP contribution in [-0.2, 0) is 13.2 Å². The highest BCUT2D eigenvalue weighted by Gasteiger charge is 2.22. The van der Waals surface area contributed by atoms with E-state index in [0.29, 0.717) is 19.5 Å². The molecule has 32 heavy (non-hydrogen) atoms. The van der Waals surface area contributed by atoms with Crippen LogP contribution in [-0.4, -0.2) is 28.8 Å². The van der Waals surface area contributed by atoms with Gasteiger partial charge in [0.25, 0.3) is 5.91 Å². The molecule has 3 aromatic carbocycles. The summed E-state index contributed by atoms with van der Waals surface area (Å²) < 4.78 is 18.8. The zero-order valence-corrected chi connectivity index (χ0v) is 17.4. The highest BCUT2D eigenvalue weighted by molar-refractivity contribution is 5.95. The Kier molecular flexibility index (Phi) is 7.88. The van der Waals surface area contributed by atoms with Gasteiger partial charge in [0.05, 0.1) is 4.92 Å². The molecule has 0 saturated carbocycles. The molecule has 0 unspecified atom stereocenters. The molecule has 0 bridgehead atoms. The summed E-state index contributed by atoms with van der Waals surface area (Å²) in [5.41, 5.74) is 7.10. The number of carbonyl (C=O) groups is 1. The standard InChI is InChI=1S/C24H24FN3O4/c25-21-10-7-18(8-11-21)16-27(14-4-13-26)24(29)20-9-12-23(22(15-20)28(30)31)32-17-19-5-2-1-3-6-19/h1-3,5-12,15H,4,13-14,16-17,26H2. The third kappa shape index (κ3) is 6.12. The summed E-state index contributed by atoms with van der Waals surface area (Å²) in [7, 11) is 0. The van der Waals surface area contributed by atoms with Crippen LogP contribution in [0.1, 0.15) is 27.9 Å². The second-order valence-corrected chi connectivity index (χ2v) is 7.21. The molecular formula is C24H24FN3O4. The molecule has 3 aromatic rings. The molecule has 8 heteroatoms. The molecule has 0 atom stereocenters. The molecule has 2 N–H and O–H groups in total. The van der Waals surface area contributed by atoms with Gasteiger partial charge < -0.3 is 15.4 Å². The molecule has 7 nitrogen and oxygen atoms in total. The summed E-state index contributed by atoms with van der Waals surface area (Å²) in [5.74, 6) is -0.654. The largest absolute Gasteiger partial charge is 0.482 e. The van der Waals surface area contributed by atoms with E-state index in [0.717, 1.165) is 11.1 Å². The fourth-order valence-electron chi connectivity index (χ4n) is 3.18. The maximum atomic E-state index is 13.2. The van der Waals surface area contributed by atoms with Gasteiger partial charge >= 0.3 is 5.69 Å². The topological polar surface area (TPSA) is 98.7 Å². The molecule has 0 saturated heterocycles. The summed E-state index contributed by atoms with van der Waals surface area (Å²) in [6, 6.07) is 19.3. The summed E-state index contributed by atoms with van der Waals surface area (Å²) in [6.45, 7) is 1.16. The molecule has 0 radical (unpaired) electrons. The predicted molar refractivity (Wildman–Crippen MR) is 119 cm³/mol. The Hall–Kier alpha value is -3.78. The Morgan fingerprint density at radius 3 is 2.41 bits per heavy atom. The summed E-state index contributed by atoms with van der Waals surface area (Å²) >= 11 is 0. The fourth-order valence-corrected chi connectivity index (χ4v) is 3.18. The summed E-state index contributed by atoms with van der Waals surface area (Å²) in [6.07, 6.45) is 0.563. The minimum absolute atomic E-state index is 0.0856. The molecule has 3 rings (SSSR count). The highest BCUT2D eigenvalue weighted by atomic mass is 19.1. The van der Waals surface area contributed by atoms with Crippen molar-refractivity contribution in [1.29, 1.82) is 0 Å². The van der Waals surface area contributed by atoms with Gasteiger partial charge in [0.15, 0.2) is 5.75 Å². The van der Waals surface area contributed by atoms with Crippen LogP contribution in [0, 0.1) is 15.9 Å². The first-order valence-electron chi connectivity index (χ1n) is 10.2. The number of benzene rings is 3. The maximum absolute atomic E-state index is 13.2. The number of carbonyl (C=O) groups excluding carboxylic acids is 1. The van der Waals surface area contributed by atoms with E-state index in [1.165, 1.54) is 30.3 Å². The van der Waals surface area contributed by atoms with Crippen LogP contribution in [0.4, 0.5) is 10.1 Å². The van der Waals surface area contributed by atoms with Crippen LogP contribution in [0.5, 0.6) is 5.75 Å². The normalized spacial score (nSPS) is 10.6. The molecule has 0 aliphatic rings. The second kappa shape index (κ2) is 11.0. The predicted octanol–water partition coefficient (Wildman–Crippen LogP) is 4.30. The van der Waals surface area contributed by atoms with Crippen molar-refractivity contribution in [2.75, 3.05) is 13.1 Å². The van der Waals surface area contributed by atoms with Gasteiger partial charge in [-0.2, -0.15) is 0 Å². The van der Waals surface area contributed by atoms with Gasteiger partial charge in [-0.05, 0) is 48.4 Å². The number of nitrogens with two attached hydrogens (primary N) is 1. The number of nitro groups is 1. The van der Waals surface area contributed by atoms with E-state index in [2.05, 4.69) is 0 Å². The SMILES string of the molecule is NCCCN(Cc1ccc(F)cc1)C(=O)c1ccc(OCc2ccccc2)c([N+](=O)[O-])c1. The third-order valence-corrected chi connectivity index (χ3v) is 4.85. The lowest BCUT2D eigenvalue weighted by Gasteiger charge is -2.23. The van der Waals surface area contributed by atoms with Crippen molar-refractivity contribution >= 4 is 11.6 Å². The van der Waals surface area contributed by atoms with Crippen LogP contribution >= 0.6 is 0 Å². The quantitative estimate of drug-likeness (QED) is 0.377. The van der Waals surface area contributed by atoms with Crippen molar-refractivity contribution in [3.63, 3.8) is 0 Å². The number of hydrogen-bond donors (Lipinski definition) is 1. The maximum Gasteiger partial charge on any atom is 0.311 e. The molecule has 0 aromatic heterocycles. The zero-order valence-electron chi connectivity index (χ0n) is 17.4. The van der Waals surface area contributed by atoms with Gasteiger partial charge in [0.1, 0.15) is 12.4 Å². The van der Waals surface area contributed by atoms with Crippen LogP contribution in [0.2, 0.25) is 0 Å². The molecule has 0 aliphatic heterocycles. The first-order chi connectivity index (χ1) is 15.5. The smallest absolute Gasteiger partial charge is 0.311 e. The summed E-state index contributed by atoms with van der Waals surface area (Å²) in [4.78, 5) is 25.7. The monoisotopic (exact) mass is 437 g/mol. The number of nitro benzene ring substituents is 1. The van der Waals surface area contributed by atoms with Gasteiger partial charge in [-0.15, -0.1) is 0 Å². The number of halogens is 1. The molecule has 0 spiro atoms. The number of hydrogen-bond acceptors (Lipinski definition) is 5. The highest BCUT2D eigenvalue weighted by Crippen LogP contribution is 2.29. The fraction of sp³-hybridized carbons (Fsp3) is 0.208. The lowest BCUT2D eigenvalue weighted by molar-refractivity contribution is -0.386. The Morgan fingerprint density at radius 2 is 1.75 bits per heavy atom. The van der Waals surface area contributed by atoms with Crippen LogP contribution < -0.4 is 10.5 Å². The number of nitrogens with zero attached hydrogens (tertiary/aromatic N) is 2. The Labute approximate surface area is 185 Å². The van der Waals surface area contributed by atoms with E-state index >= 15 is 0 Å². The average Bonchev–Trinajstić information content (AvgIpc) is 2.81. The van der Waals surface area contributed by atoms with Crippen LogP contribution in [0.3, 0.4) is 0 Å². The lowest BCUT2D eigenvalue weighted by atomic mass is 10.1. The van der Waals surface area contributed by atoms with Crippen molar-refractivity contribution in [2.24, 2.45) is 5.73 Å². The summed E-state index contributed by atoms with van der Waals surface area (Å²) in [5, 5.41) is 11.6. The Morgan fingerprint density at radius 1 is 1.03 bits per heavy atom. The van der Waals surface area contributed by atoms with Gasteiger partial charge in [0, 0.05) is 24.7 Å². The Bertz CT molecular complexity index is 1060. The van der Waals surface area contributed by atoms with E-state index in [1.54, 1.807) is 17.0 Å². The molecular weight excluding hydrogens is 413 g/mol. The van der Waals surface area contributed by atoms with E-state index in [9.17, 15) is 19.3 Å². The van der Waals surface area contributed by atoms with E-state index in [-0.39, 0.29) is 41.9 Å². The van der Waals surface area contributed by atoms with E-state index in [1.807, 2.05) is 30.3 Å². The van der Waals surface area contributed by atoms with Crippen LogP contribution in [0.15, 0.2) is 72.8 Å². The van der Waals surface area contributed by atoms with E-state index in [4.69, 9.17) is 10.5 Å². The molecule has 166 valence electrons. The molecule has 0 fully saturated rings. The van der Waals surface area contributed by atoms with E-state index < -0.39 is 4.92 Å². The first kappa shape index (κ1) is 22.9. The van der Waals surface area contributed by atoms with Crippen molar-refractivity contribution < 1.29 is 18.8 Å². The minimum atomic E-state index is -0.568.